The van der Waals surface area contributed by atoms with Gasteiger partial charge in [-0.05, 0) is 27.6 Å². The Balaban J connectivity index is 2.43. The zero-order chi connectivity index (χ0) is 5.82. The molecule has 0 nitrogen and oxygen atoms in total. The molecule has 0 atom stereocenters. The number of thioether (sulfide) groups is 2. The smallest absolute Gasteiger partial charge is 0.00446 e. The molecule has 0 aliphatic carbocycles. The van der Waals surface area contributed by atoms with Gasteiger partial charge in [0.15, 0.2) is 0 Å². The second-order valence-corrected chi connectivity index (χ2v) is 3.28. The summed E-state index contributed by atoms with van der Waals surface area (Å²) in [5.74, 6) is 0. The summed E-state index contributed by atoms with van der Waals surface area (Å²) in [6.07, 6.45) is 1.17. The van der Waals surface area contributed by atoms with Crippen LogP contribution in [0.1, 0.15) is 13.3 Å². The van der Waals surface area contributed by atoms with Crippen LogP contribution in [0.25, 0.3) is 0 Å². The third-order valence-electron chi connectivity index (χ3n) is 0.901. The Morgan fingerprint density at radius 1 is 1.50 bits per heavy atom. The van der Waals surface area contributed by atoms with Gasteiger partial charge in [-0.1, -0.05) is 6.92 Å². The molecule has 0 amide bonds. The van der Waals surface area contributed by atoms with Gasteiger partial charge in [-0.25, -0.2) is 0 Å². The van der Waals surface area contributed by atoms with Crippen molar-refractivity contribution in [2.75, 3.05) is 0 Å². The zero-order valence-corrected chi connectivity index (χ0v) is 6.39. The predicted molar refractivity (Wildman–Crippen MR) is 42.7 cm³/mol. The highest BCUT2D eigenvalue weighted by Gasteiger charge is 1.93. The molecular weight excluding hydrogens is 136 g/mol. The lowest BCUT2D eigenvalue weighted by Gasteiger charge is -2.01. The number of rotatable bonds is 1. The molecule has 1 heterocycles. The van der Waals surface area contributed by atoms with E-state index in [0.717, 1.165) is 0 Å². The highest BCUT2D eigenvalue weighted by atomic mass is 32.2. The molecule has 44 valence electrons. The maximum absolute atomic E-state index is 2.20. The molecule has 0 saturated heterocycles. The van der Waals surface area contributed by atoms with Crippen molar-refractivity contribution < 1.29 is 0 Å². The number of hydrogen-bond donors (Lipinski definition) is 0. The lowest BCUT2D eigenvalue weighted by molar-refractivity contribution is 1.21. The SMILES string of the molecule is CCC1=CSC=CS1. The Bertz CT molecular complexity index is 124. The Hall–Kier alpha value is 0.180. The van der Waals surface area contributed by atoms with Crippen molar-refractivity contribution in [2.45, 2.75) is 13.3 Å². The van der Waals surface area contributed by atoms with E-state index in [1.165, 1.54) is 11.3 Å². The second kappa shape index (κ2) is 3.25. The largest absolute Gasteiger partial charge is 0.105 e. The van der Waals surface area contributed by atoms with Gasteiger partial charge in [0.25, 0.3) is 0 Å². The van der Waals surface area contributed by atoms with Crippen LogP contribution in [-0.4, -0.2) is 0 Å². The molecule has 0 saturated carbocycles. The van der Waals surface area contributed by atoms with Crippen LogP contribution in [0.2, 0.25) is 0 Å². The van der Waals surface area contributed by atoms with E-state index in [4.69, 9.17) is 0 Å². The van der Waals surface area contributed by atoms with Crippen LogP contribution in [0, 0.1) is 0 Å². The molecule has 0 spiro atoms. The topological polar surface area (TPSA) is 0 Å². The minimum atomic E-state index is 1.17. The van der Waals surface area contributed by atoms with Crippen molar-refractivity contribution in [3.05, 3.63) is 21.1 Å². The molecule has 1 aliphatic rings. The molecular formula is C6H8S2. The summed E-state index contributed by atoms with van der Waals surface area (Å²) in [5, 5.41) is 6.43. The lowest BCUT2D eigenvalue weighted by atomic mass is 10.5. The van der Waals surface area contributed by atoms with E-state index in [1.54, 1.807) is 11.8 Å². The van der Waals surface area contributed by atoms with Gasteiger partial charge in [0, 0.05) is 0 Å². The van der Waals surface area contributed by atoms with Crippen LogP contribution < -0.4 is 0 Å². The zero-order valence-electron chi connectivity index (χ0n) is 4.76. The summed E-state index contributed by atoms with van der Waals surface area (Å²) >= 11 is 3.59. The van der Waals surface area contributed by atoms with E-state index < -0.39 is 0 Å². The minimum absolute atomic E-state index is 1.17. The fourth-order valence-corrected chi connectivity index (χ4v) is 2.06. The summed E-state index contributed by atoms with van der Waals surface area (Å²) in [5.41, 5.74) is 0. The molecule has 1 rings (SSSR count). The predicted octanol–water partition coefficient (Wildman–Crippen LogP) is 3.19. The molecule has 0 aromatic carbocycles. The summed E-state index contributed by atoms with van der Waals surface area (Å²) in [6.45, 7) is 2.18. The van der Waals surface area contributed by atoms with Gasteiger partial charge in [-0.3, -0.25) is 0 Å². The average molecular weight is 144 g/mol. The Labute approximate surface area is 58.4 Å². The lowest BCUT2D eigenvalue weighted by Crippen LogP contribution is -1.70. The first-order chi connectivity index (χ1) is 3.93. The van der Waals surface area contributed by atoms with Crippen LogP contribution >= 0.6 is 23.5 Å². The van der Waals surface area contributed by atoms with Crippen molar-refractivity contribution in [2.24, 2.45) is 0 Å². The first-order valence-corrected chi connectivity index (χ1v) is 4.42. The van der Waals surface area contributed by atoms with E-state index >= 15 is 0 Å². The van der Waals surface area contributed by atoms with Crippen LogP contribution in [0.5, 0.6) is 0 Å². The molecule has 0 aromatic rings. The van der Waals surface area contributed by atoms with Gasteiger partial charge >= 0.3 is 0 Å². The quantitative estimate of drug-likeness (QED) is 0.554. The van der Waals surface area contributed by atoms with Crippen LogP contribution in [0.3, 0.4) is 0 Å². The molecule has 0 bridgehead atoms. The van der Waals surface area contributed by atoms with E-state index in [-0.39, 0.29) is 0 Å². The van der Waals surface area contributed by atoms with E-state index in [1.807, 2.05) is 11.8 Å². The first-order valence-electron chi connectivity index (χ1n) is 2.59. The average Bonchev–Trinajstić information content (AvgIpc) is 1.90. The van der Waals surface area contributed by atoms with E-state index in [2.05, 4.69) is 23.1 Å². The molecule has 8 heavy (non-hydrogen) atoms. The van der Waals surface area contributed by atoms with Crippen molar-refractivity contribution in [3.63, 3.8) is 0 Å². The van der Waals surface area contributed by atoms with Crippen molar-refractivity contribution >= 4 is 23.5 Å². The highest BCUT2D eigenvalue weighted by molar-refractivity contribution is 8.11. The number of hydrogen-bond acceptors (Lipinski definition) is 2. The second-order valence-electron chi connectivity index (χ2n) is 1.46. The summed E-state index contributed by atoms with van der Waals surface area (Å²) in [7, 11) is 0. The van der Waals surface area contributed by atoms with Crippen molar-refractivity contribution in [3.8, 4) is 0 Å². The fraction of sp³-hybridized carbons (Fsp3) is 0.333. The molecule has 1 aliphatic heterocycles. The monoisotopic (exact) mass is 144 g/mol. The third kappa shape index (κ3) is 1.60. The maximum Gasteiger partial charge on any atom is -0.00446 e. The standard InChI is InChI=1S/C6H8S2/c1-2-6-5-7-3-4-8-6/h3-5H,2H2,1H3. The van der Waals surface area contributed by atoms with E-state index in [9.17, 15) is 0 Å². The first kappa shape index (κ1) is 6.30. The van der Waals surface area contributed by atoms with Crippen LogP contribution in [0.4, 0.5) is 0 Å². The molecule has 0 radical (unpaired) electrons. The van der Waals surface area contributed by atoms with Gasteiger partial charge in [0.1, 0.15) is 0 Å². The van der Waals surface area contributed by atoms with Crippen LogP contribution in [-0.2, 0) is 0 Å². The highest BCUT2D eigenvalue weighted by Crippen LogP contribution is 2.29. The van der Waals surface area contributed by atoms with Gasteiger partial charge in [-0.2, -0.15) is 0 Å². The van der Waals surface area contributed by atoms with E-state index in [0.29, 0.717) is 0 Å². The molecule has 0 fully saturated rings. The van der Waals surface area contributed by atoms with Crippen LogP contribution in [0.15, 0.2) is 21.1 Å². The maximum atomic E-state index is 2.20. The van der Waals surface area contributed by atoms with Gasteiger partial charge in [-0.15, -0.1) is 23.5 Å². The van der Waals surface area contributed by atoms with Crippen molar-refractivity contribution in [1.82, 2.24) is 0 Å². The minimum Gasteiger partial charge on any atom is -0.105 e. The Morgan fingerprint density at radius 2 is 2.38 bits per heavy atom. The molecule has 2 heteroatoms. The van der Waals surface area contributed by atoms with Gasteiger partial charge in [0.2, 0.25) is 0 Å². The molecule has 0 aromatic heterocycles. The van der Waals surface area contributed by atoms with Gasteiger partial charge < -0.3 is 0 Å². The summed E-state index contributed by atoms with van der Waals surface area (Å²) in [6, 6.07) is 0. The fourth-order valence-electron chi connectivity index (χ4n) is 0.457. The normalized spacial score (nSPS) is 18.4. The Kier molecular flexibility index (Phi) is 2.56. The molecule has 0 N–H and O–H groups in total. The third-order valence-corrected chi connectivity index (χ3v) is 2.92. The molecule has 0 unspecified atom stereocenters. The van der Waals surface area contributed by atoms with Crippen molar-refractivity contribution in [1.29, 1.82) is 0 Å². The summed E-state index contributed by atoms with van der Waals surface area (Å²) in [4.78, 5) is 1.47. The summed E-state index contributed by atoms with van der Waals surface area (Å²) < 4.78 is 0. The Morgan fingerprint density at radius 3 is 2.75 bits per heavy atom. The van der Waals surface area contributed by atoms with Gasteiger partial charge in [0.05, 0.1) is 0 Å². The number of allylic oxidation sites excluding steroid dienone is 1.